The lowest BCUT2D eigenvalue weighted by Crippen LogP contribution is -2.58. The Labute approximate surface area is 130 Å². The minimum atomic E-state index is -0.547. The van der Waals surface area contributed by atoms with Gasteiger partial charge in [0.1, 0.15) is 11.4 Å². The van der Waals surface area contributed by atoms with E-state index in [9.17, 15) is 9.90 Å². The van der Waals surface area contributed by atoms with E-state index in [1.165, 1.54) is 0 Å². The summed E-state index contributed by atoms with van der Waals surface area (Å²) in [7, 11) is 1.61. The lowest BCUT2D eigenvalue weighted by molar-refractivity contribution is -0.154. The molecule has 22 heavy (non-hydrogen) atoms. The average Bonchev–Trinajstić information content (AvgIpc) is 3.00. The van der Waals surface area contributed by atoms with Gasteiger partial charge in [-0.3, -0.25) is 4.79 Å². The lowest BCUT2D eigenvalue weighted by Gasteiger charge is -2.43. The molecular formula is C17H23NO4. The first-order chi connectivity index (χ1) is 10.6. The fourth-order valence-electron chi connectivity index (χ4n) is 3.49. The van der Waals surface area contributed by atoms with E-state index in [-0.39, 0.29) is 5.91 Å². The van der Waals surface area contributed by atoms with Crippen molar-refractivity contribution in [3.8, 4) is 5.75 Å². The zero-order valence-corrected chi connectivity index (χ0v) is 13.0. The number of likely N-dealkylation sites (tertiary alicyclic amines) is 1. The SMILES string of the molecule is COc1ccccc1CC(=O)N1CC[C@H](O)[C@]2(CCCO2)C1. The Balaban J connectivity index is 1.70. The van der Waals surface area contributed by atoms with Gasteiger partial charge in [0.25, 0.3) is 0 Å². The summed E-state index contributed by atoms with van der Waals surface area (Å²) in [5.74, 6) is 0.797. The molecule has 5 nitrogen and oxygen atoms in total. The van der Waals surface area contributed by atoms with Crippen LogP contribution in [0.5, 0.6) is 5.75 Å². The second-order valence-corrected chi connectivity index (χ2v) is 6.13. The molecular weight excluding hydrogens is 282 g/mol. The molecule has 2 saturated heterocycles. The fraction of sp³-hybridized carbons (Fsp3) is 0.588. The molecule has 0 saturated carbocycles. The zero-order valence-electron chi connectivity index (χ0n) is 13.0. The first-order valence-electron chi connectivity index (χ1n) is 7.86. The van der Waals surface area contributed by atoms with Crippen LogP contribution in [0.4, 0.5) is 0 Å². The van der Waals surface area contributed by atoms with Crippen LogP contribution in [0, 0.1) is 0 Å². The normalized spacial score (nSPS) is 28.1. The number of benzene rings is 1. The number of carbonyl (C=O) groups excluding carboxylic acids is 1. The van der Waals surface area contributed by atoms with Crippen LogP contribution in [-0.4, -0.2) is 54.4 Å². The van der Waals surface area contributed by atoms with Crippen LogP contribution in [0.15, 0.2) is 24.3 Å². The standard InChI is InChI=1S/C17H23NO4/c1-21-14-6-3-2-5-13(14)11-16(20)18-9-7-15(19)17(12-18)8-4-10-22-17/h2-3,5-6,15,19H,4,7-12H2,1H3/t15-,17-/m0/s1. The molecule has 1 N–H and O–H groups in total. The third-order valence-electron chi connectivity index (χ3n) is 4.76. The average molecular weight is 305 g/mol. The van der Waals surface area contributed by atoms with Crippen LogP contribution >= 0.6 is 0 Å². The smallest absolute Gasteiger partial charge is 0.227 e. The first-order valence-corrected chi connectivity index (χ1v) is 7.86. The van der Waals surface area contributed by atoms with Crippen molar-refractivity contribution in [2.24, 2.45) is 0 Å². The van der Waals surface area contributed by atoms with Gasteiger partial charge < -0.3 is 19.5 Å². The Morgan fingerprint density at radius 3 is 3.05 bits per heavy atom. The molecule has 0 radical (unpaired) electrons. The minimum Gasteiger partial charge on any atom is -0.496 e. The van der Waals surface area contributed by atoms with Gasteiger partial charge >= 0.3 is 0 Å². The fourth-order valence-corrected chi connectivity index (χ4v) is 3.49. The second kappa shape index (κ2) is 6.26. The van der Waals surface area contributed by atoms with E-state index in [2.05, 4.69) is 0 Å². The van der Waals surface area contributed by atoms with E-state index in [0.29, 0.717) is 32.5 Å². The summed E-state index contributed by atoms with van der Waals surface area (Å²) in [6, 6.07) is 7.58. The van der Waals surface area contributed by atoms with E-state index in [1.807, 2.05) is 29.2 Å². The predicted octanol–water partition coefficient (Wildman–Crippen LogP) is 1.38. The van der Waals surface area contributed by atoms with E-state index in [4.69, 9.17) is 9.47 Å². The molecule has 2 heterocycles. The molecule has 0 aliphatic carbocycles. The molecule has 1 aromatic carbocycles. The monoisotopic (exact) mass is 305 g/mol. The number of ether oxygens (including phenoxy) is 2. The third-order valence-corrected chi connectivity index (χ3v) is 4.76. The van der Waals surface area contributed by atoms with Crippen LogP contribution in [-0.2, 0) is 16.0 Å². The molecule has 0 bridgehead atoms. The van der Waals surface area contributed by atoms with Gasteiger partial charge in [-0.15, -0.1) is 0 Å². The molecule has 0 aromatic heterocycles. The van der Waals surface area contributed by atoms with Crippen molar-refractivity contribution in [1.82, 2.24) is 4.90 Å². The van der Waals surface area contributed by atoms with Gasteiger partial charge in [-0.2, -0.15) is 0 Å². The number of rotatable bonds is 3. The van der Waals surface area contributed by atoms with Gasteiger partial charge in [0.15, 0.2) is 0 Å². The van der Waals surface area contributed by atoms with Gasteiger partial charge in [0.2, 0.25) is 5.91 Å². The Kier molecular flexibility index (Phi) is 4.36. The van der Waals surface area contributed by atoms with Crippen LogP contribution in [0.3, 0.4) is 0 Å². The number of methoxy groups -OCH3 is 1. The highest BCUT2D eigenvalue weighted by Crippen LogP contribution is 2.35. The highest BCUT2D eigenvalue weighted by Gasteiger charge is 2.47. The van der Waals surface area contributed by atoms with Crippen LogP contribution < -0.4 is 4.74 Å². The van der Waals surface area contributed by atoms with Gasteiger partial charge in [0.05, 0.1) is 26.2 Å². The van der Waals surface area contributed by atoms with Gasteiger partial charge in [0, 0.05) is 18.7 Å². The van der Waals surface area contributed by atoms with Crippen LogP contribution in [0.25, 0.3) is 0 Å². The maximum Gasteiger partial charge on any atom is 0.227 e. The first kappa shape index (κ1) is 15.3. The highest BCUT2D eigenvalue weighted by atomic mass is 16.5. The summed E-state index contributed by atoms with van der Waals surface area (Å²) in [5, 5.41) is 10.2. The van der Waals surface area contributed by atoms with Crippen LogP contribution in [0.1, 0.15) is 24.8 Å². The molecule has 3 rings (SSSR count). The highest BCUT2D eigenvalue weighted by molar-refractivity contribution is 5.79. The minimum absolute atomic E-state index is 0.0614. The number of aliphatic hydroxyl groups is 1. The maximum atomic E-state index is 12.6. The molecule has 1 amide bonds. The van der Waals surface area contributed by atoms with Crippen molar-refractivity contribution < 1.29 is 19.4 Å². The van der Waals surface area contributed by atoms with E-state index in [1.54, 1.807) is 7.11 Å². The zero-order chi connectivity index (χ0) is 15.6. The Morgan fingerprint density at radius 2 is 2.32 bits per heavy atom. The van der Waals surface area contributed by atoms with Crippen molar-refractivity contribution in [2.75, 3.05) is 26.8 Å². The van der Waals surface area contributed by atoms with Gasteiger partial charge in [-0.1, -0.05) is 18.2 Å². The lowest BCUT2D eigenvalue weighted by atomic mass is 9.87. The summed E-state index contributed by atoms with van der Waals surface area (Å²) >= 11 is 0. The summed E-state index contributed by atoms with van der Waals surface area (Å²) in [6.07, 6.45) is 2.21. The Bertz CT molecular complexity index is 539. The largest absolute Gasteiger partial charge is 0.496 e. The Hall–Kier alpha value is -1.59. The number of carbonyl (C=O) groups is 1. The maximum absolute atomic E-state index is 12.6. The van der Waals surface area contributed by atoms with Crippen molar-refractivity contribution >= 4 is 5.91 Å². The molecule has 2 fully saturated rings. The number of aliphatic hydroxyl groups excluding tert-OH is 1. The van der Waals surface area contributed by atoms with Gasteiger partial charge in [-0.25, -0.2) is 0 Å². The van der Waals surface area contributed by atoms with Crippen molar-refractivity contribution in [2.45, 2.75) is 37.4 Å². The van der Waals surface area contributed by atoms with Crippen molar-refractivity contribution in [3.05, 3.63) is 29.8 Å². The molecule has 5 heteroatoms. The predicted molar refractivity (Wildman–Crippen MR) is 81.8 cm³/mol. The summed E-state index contributed by atoms with van der Waals surface area (Å²) in [4.78, 5) is 14.4. The molecule has 2 aliphatic heterocycles. The number of amides is 1. The molecule has 2 aliphatic rings. The summed E-state index contributed by atoms with van der Waals surface area (Å²) in [5.41, 5.74) is 0.344. The number of hydrogen-bond donors (Lipinski definition) is 1. The topological polar surface area (TPSA) is 59.0 Å². The number of hydrogen-bond acceptors (Lipinski definition) is 4. The molecule has 1 aromatic rings. The molecule has 120 valence electrons. The van der Waals surface area contributed by atoms with E-state index in [0.717, 1.165) is 24.2 Å². The number of nitrogens with zero attached hydrogens (tertiary/aromatic N) is 1. The number of piperidine rings is 1. The molecule has 1 spiro atoms. The van der Waals surface area contributed by atoms with Gasteiger partial charge in [-0.05, 0) is 25.3 Å². The second-order valence-electron chi connectivity index (χ2n) is 6.13. The van der Waals surface area contributed by atoms with Crippen molar-refractivity contribution in [1.29, 1.82) is 0 Å². The summed E-state index contributed by atoms with van der Waals surface area (Å²) in [6.45, 7) is 1.74. The van der Waals surface area contributed by atoms with E-state index < -0.39 is 11.7 Å². The third kappa shape index (κ3) is 2.83. The van der Waals surface area contributed by atoms with Crippen molar-refractivity contribution in [3.63, 3.8) is 0 Å². The quantitative estimate of drug-likeness (QED) is 0.916. The van der Waals surface area contributed by atoms with E-state index >= 15 is 0 Å². The molecule has 0 unspecified atom stereocenters. The summed E-state index contributed by atoms with van der Waals surface area (Å²) < 4.78 is 11.1. The Morgan fingerprint density at radius 1 is 1.50 bits per heavy atom. The molecule has 2 atom stereocenters. The number of para-hydroxylation sites is 1. The van der Waals surface area contributed by atoms with Crippen LogP contribution in [0.2, 0.25) is 0 Å².